The van der Waals surface area contributed by atoms with Crippen LogP contribution in [0.1, 0.15) is 16.7 Å². The first-order valence-corrected chi connectivity index (χ1v) is 8.90. The topological polar surface area (TPSA) is 56.1 Å². The number of nitrogens with one attached hydrogen (secondary N) is 1. The van der Waals surface area contributed by atoms with Gasteiger partial charge in [-0.25, -0.2) is 0 Å². The van der Waals surface area contributed by atoms with Gasteiger partial charge in [0.05, 0.1) is 25.4 Å². The second-order valence-corrected chi connectivity index (χ2v) is 6.73. The molecule has 0 amide bonds. The highest BCUT2D eigenvalue weighted by Gasteiger charge is 2.33. The standard InChI is InChI=1S/C20H17ClF3N3O2/c1-12-15(20(22,23)24)7-4-8-16(12)25-19-26-18(28)17(29-2)11-27(19)10-13-5-3-6-14(21)9-13/h3-9,11H,10H2,1-2H3,(H,25,26,28). The van der Waals surface area contributed by atoms with Gasteiger partial charge in [-0.3, -0.25) is 4.79 Å². The molecule has 1 aromatic heterocycles. The number of benzene rings is 2. The first-order chi connectivity index (χ1) is 13.7. The Morgan fingerprint density at radius 1 is 1.21 bits per heavy atom. The van der Waals surface area contributed by atoms with Gasteiger partial charge in [0.15, 0.2) is 0 Å². The monoisotopic (exact) mass is 423 g/mol. The van der Waals surface area contributed by atoms with E-state index in [1.807, 2.05) is 6.07 Å². The summed E-state index contributed by atoms with van der Waals surface area (Å²) in [5.41, 5.74) is -0.397. The van der Waals surface area contributed by atoms with Gasteiger partial charge >= 0.3 is 11.7 Å². The summed E-state index contributed by atoms with van der Waals surface area (Å²) >= 11 is 6.02. The minimum absolute atomic E-state index is 0.000581. The minimum atomic E-state index is -4.49. The van der Waals surface area contributed by atoms with Gasteiger partial charge in [-0.15, -0.1) is 0 Å². The highest BCUT2D eigenvalue weighted by Crippen LogP contribution is 2.35. The molecule has 0 aliphatic heterocycles. The summed E-state index contributed by atoms with van der Waals surface area (Å²) in [6.45, 7) is 1.62. The van der Waals surface area contributed by atoms with Crippen molar-refractivity contribution >= 4 is 23.2 Å². The average molecular weight is 424 g/mol. The molecule has 0 saturated heterocycles. The second kappa shape index (κ2) is 8.16. The number of rotatable bonds is 5. The van der Waals surface area contributed by atoms with Crippen LogP contribution in [0.3, 0.4) is 0 Å². The van der Waals surface area contributed by atoms with Gasteiger partial charge in [0.1, 0.15) is 0 Å². The van der Waals surface area contributed by atoms with E-state index in [9.17, 15) is 18.0 Å². The van der Waals surface area contributed by atoms with Crippen molar-refractivity contribution in [3.8, 4) is 5.75 Å². The molecule has 2 aromatic carbocycles. The van der Waals surface area contributed by atoms with Crippen molar-refractivity contribution in [3.63, 3.8) is 0 Å². The highest BCUT2D eigenvalue weighted by molar-refractivity contribution is 6.30. The minimum Gasteiger partial charge on any atom is -0.490 e. The third kappa shape index (κ3) is 4.71. The predicted molar refractivity (Wildman–Crippen MR) is 105 cm³/mol. The zero-order valence-corrected chi connectivity index (χ0v) is 16.3. The smallest absolute Gasteiger partial charge is 0.416 e. The van der Waals surface area contributed by atoms with Crippen LogP contribution in [0.25, 0.3) is 0 Å². The quantitative estimate of drug-likeness (QED) is 0.625. The molecule has 9 heteroatoms. The normalized spacial score (nSPS) is 11.4. The Labute approximate surface area is 169 Å². The van der Waals surface area contributed by atoms with E-state index in [-0.39, 0.29) is 29.5 Å². The number of alkyl halides is 3. The molecule has 3 rings (SSSR count). The lowest BCUT2D eigenvalue weighted by molar-refractivity contribution is -0.138. The first-order valence-electron chi connectivity index (χ1n) is 8.53. The van der Waals surface area contributed by atoms with Gasteiger partial charge in [-0.05, 0) is 42.3 Å². The summed E-state index contributed by atoms with van der Waals surface area (Å²) in [5.74, 6) is 0.0940. The van der Waals surface area contributed by atoms with E-state index < -0.39 is 17.3 Å². The number of methoxy groups -OCH3 is 1. The largest absolute Gasteiger partial charge is 0.490 e. The fourth-order valence-electron chi connectivity index (χ4n) is 2.86. The second-order valence-electron chi connectivity index (χ2n) is 6.30. The maximum atomic E-state index is 13.2. The van der Waals surface area contributed by atoms with E-state index in [1.54, 1.807) is 22.8 Å². The molecule has 0 saturated carbocycles. The highest BCUT2D eigenvalue weighted by atomic mass is 35.5. The molecule has 1 heterocycles. The van der Waals surface area contributed by atoms with Crippen molar-refractivity contribution in [2.24, 2.45) is 0 Å². The van der Waals surface area contributed by atoms with Gasteiger partial charge in [-0.1, -0.05) is 29.8 Å². The van der Waals surface area contributed by atoms with Crippen LogP contribution >= 0.6 is 11.6 Å². The lowest BCUT2D eigenvalue weighted by atomic mass is 10.1. The van der Waals surface area contributed by atoms with Crippen molar-refractivity contribution in [3.05, 3.63) is 80.7 Å². The zero-order chi connectivity index (χ0) is 21.2. The number of hydrogen-bond acceptors (Lipinski definition) is 4. The Balaban J connectivity index is 2.05. The Bertz CT molecular complexity index is 1100. The van der Waals surface area contributed by atoms with Crippen LogP contribution in [-0.2, 0) is 12.7 Å². The van der Waals surface area contributed by atoms with E-state index in [0.29, 0.717) is 5.02 Å². The molecule has 0 bridgehead atoms. The number of hydrogen-bond donors (Lipinski definition) is 1. The zero-order valence-electron chi connectivity index (χ0n) is 15.5. The van der Waals surface area contributed by atoms with Crippen LogP contribution in [0.15, 0.2) is 53.5 Å². The third-order valence-corrected chi connectivity index (χ3v) is 4.55. The van der Waals surface area contributed by atoms with Crippen molar-refractivity contribution < 1.29 is 17.9 Å². The SMILES string of the molecule is COc1cn(Cc2cccc(Cl)c2)c(Nc2cccc(C(F)(F)F)c2C)nc1=O. The van der Waals surface area contributed by atoms with Gasteiger partial charge in [0.2, 0.25) is 11.7 Å². The Morgan fingerprint density at radius 3 is 2.59 bits per heavy atom. The molecule has 1 N–H and O–H groups in total. The molecule has 0 aliphatic carbocycles. The Kier molecular flexibility index (Phi) is 5.83. The van der Waals surface area contributed by atoms with Gasteiger partial charge in [0, 0.05) is 10.7 Å². The van der Waals surface area contributed by atoms with Crippen LogP contribution in [0, 0.1) is 6.92 Å². The average Bonchev–Trinajstić information content (AvgIpc) is 2.64. The predicted octanol–water partition coefficient (Wildman–Crippen LogP) is 5.02. The maximum absolute atomic E-state index is 13.2. The van der Waals surface area contributed by atoms with Gasteiger partial charge < -0.3 is 14.6 Å². The molecule has 0 radical (unpaired) electrons. The van der Waals surface area contributed by atoms with Crippen LogP contribution in [0.5, 0.6) is 5.75 Å². The molecule has 3 aromatic rings. The molecule has 29 heavy (non-hydrogen) atoms. The number of ether oxygens (including phenoxy) is 1. The van der Waals surface area contributed by atoms with Gasteiger partial charge in [-0.2, -0.15) is 18.2 Å². The van der Waals surface area contributed by atoms with Crippen LogP contribution in [-0.4, -0.2) is 16.7 Å². The van der Waals surface area contributed by atoms with E-state index in [0.717, 1.165) is 11.6 Å². The molecule has 0 spiro atoms. The number of aromatic nitrogens is 2. The number of halogens is 4. The van der Waals surface area contributed by atoms with Gasteiger partial charge in [0.25, 0.3) is 0 Å². The van der Waals surface area contributed by atoms with E-state index in [4.69, 9.17) is 16.3 Å². The fourth-order valence-corrected chi connectivity index (χ4v) is 3.08. The molecular weight excluding hydrogens is 407 g/mol. The summed E-state index contributed by atoms with van der Waals surface area (Å²) in [6.07, 6.45) is -3.04. The summed E-state index contributed by atoms with van der Waals surface area (Å²) in [7, 11) is 1.34. The summed E-state index contributed by atoms with van der Waals surface area (Å²) < 4.78 is 46.2. The molecule has 5 nitrogen and oxygen atoms in total. The summed E-state index contributed by atoms with van der Waals surface area (Å²) in [5, 5.41) is 3.38. The van der Waals surface area contributed by atoms with Crippen molar-refractivity contribution in [2.45, 2.75) is 19.6 Å². The lowest BCUT2D eigenvalue weighted by Crippen LogP contribution is -2.19. The first kappa shape index (κ1) is 20.7. The molecule has 0 fully saturated rings. The Morgan fingerprint density at radius 2 is 1.93 bits per heavy atom. The molecule has 152 valence electrons. The van der Waals surface area contributed by atoms with Crippen molar-refractivity contribution in [1.82, 2.24) is 9.55 Å². The van der Waals surface area contributed by atoms with E-state index in [1.165, 1.54) is 32.4 Å². The maximum Gasteiger partial charge on any atom is 0.416 e. The number of anilines is 2. The van der Waals surface area contributed by atoms with Crippen molar-refractivity contribution in [1.29, 1.82) is 0 Å². The summed E-state index contributed by atoms with van der Waals surface area (Å²) in [4.78, 5) is 16.1. The van der Waals surface area contributed by atoms with E-state index >= 15 is 0 Å². The molecule has 0 aliphatic rings. The van der Waals surface area contributed by atoms with Crippen LogP contribution < -0.4 is 15.6 Å². The molecular formula is C20H17ClF3N3O2. The number of nitrogens with zero attached hydrogens (tertiary/aromatic N) is 2. The van der Waals surface area contributed by atoms with Crippen LogP contribution in [0.2, 0.25) is 5.02 Å². The molecule has 0 atom stereocenters. The van der Waals surface area contributed by atoms with Crippen molar-refractivity contribution in [2.75, 3.05) is 12.4 Å². The third-order valence-electron chi connectivity index (χ3n) is 4.31. The molecule has 0 unspecified atom stereocenters. The lowest BCUT2D eigenvalue weighted by Gasteiger charge is -2.18. The van der Waals surface area contributed by atoms with E-state index in [2.05, 4.69) is 10.3 Å². The van der Waals surface area contributed by atoms with Crippen LogP contribution in [0.4, 0.5) is 24.8 Å². The Hall–Kier alpha value is -3.00. The summed E-state index contributed by atoms with van der Waals surface area (Å²) in [6, 6.07) is 10.9. The fraction of sp³-hybridized carbons (Fsp3) is 0.200.